The van der Waals surface area contributed by atoms with Gasteiger partial charge in [0.1, 0.15) is 11.3 Å². The number of halogens is 1. The minimum Gasteiger partial charge on any atom is -0.451 e. The maximum atomic E-state index is 12.5. The number of carbonyl (C=O) groups is 3. The molecule has 0 spiro atoms. The molecule has 0 aliphatic carbocycles. The molecule has 1 N–H and O–H groups in total. The van der Waals surface area contributed by atoms with Gasteiger partial charge in [0.2, 0.25) is 0 Å². The highest BCUT2D eigenvalue weighted by molar-refractivity contribution is 14.1. The van der Waals surface area contributed by atoms with Gasteiger partial charge in [-0.25, -0.2) is 9.69 Å². The van der Waals surface area contributed by atoms with Crippen LogP contribution < -0.4 is 10.2 Å². The number of amides is 4. The number of urea groups is 1. The van der Waals surface area contributed by atoms with Gasteiger partial charge in [0, 0.05) is 12.4 Å². The van der Waals surface area contributed by atoms with Gasteiger partial charge in [0.05, 0.1) is 5.69 Å². The SMILES string of the molecule is O=C1NC(=O)N(c2ccncc2)C(=O)/C1=C/c1ccc(I)o1. The van der Waals surface area contributed by atoms with Crippen LogP contribution in [0, 0.1) is 3.77 Å². The molecule has 1 aliphatic rings. The number of furan rings is 1. The zero-order valence-corrected chi connectivity index (χ0v) is 13.1. The third kappa shape index (κ3) is 2.64. The van der Waals surface area contributed by atoms with E-state index in [1.54, 1.807) is 12.1 Å². The second kappa shape index (κ2) is 5.72. The van der Waals surface area contributed by atoms with Gasteiger partial charge in [0.25, 0.3) is 11.8 Å². The summed E-state index contributed by atoms with van der Waals surface area (Å²) in [4.78, 5) is 41.0. The van der Waals surface area contributed by atoms with Crippen LogP contribution in [0.2, 0.25) is 0 Å². The van der Waals surface area contributed by atoms with E-state index >= 15 is 0 Å². The Bertz CT molecular complexity index is 797. The second-order valence-electron chi connectivity index (χ2n) is 4.31. The number of pyridine rings is 1. The summed E-state index contributed by atoms with van der Waals surface area (Å²) in [6, 6.07) is 5.53. The average Bonchev–Trinajstić information content (AvgIpc) is 2.90. The first-order valence-corrected chi connectivity index (χ1v) is 7.21. The number of barbiturate groups is 1. The molecule has 0 unspecified atom stereocenters. The topological polar surface area (TPSA) is 92.5 Å². The molecule has 8 heteroatoms. The van der Waals surface area contributed by atoms with Gasteiger partial charge in [-0.2, -0.15) is 0 Å². The summed E-state index contributed by atoms with van der Waals surface area (Å²) in [5, 5.41) is 2.13. The number of hydrogen-bond acceptors (Lipinski definition) is 5. The molecule has 22 heavy (non-hydrogen) atoms. The number of imide groups is 2. The lowest BCUT2D eigenvalue weighted by molar-refractivity contribution is -0.122. The quantitative estimate of drug-likeness (QED) is 0.465. The van der Waals surface area contributed by atoms with Crippen molar-refractivity contribution in [2.24, 2.45) is 0 Å². The summed E-state index contributed by atoms with van der Waals surface area (Å²) in [5.74, 6) is -1.12. The fraction of sp³-hybridized carbons (Fsp3) is 0. The van der Waals surface area contributed by atoms with Gasteiger partial charge < -0.3 is 4.42 Å². The fourth-order valence-electron chi connectivity index (χ4n) is 1.93. The maximum Gasteiger partial charge on any atom is 0.335 e. The third-order valence-corrected chi connectivity index (χ3v) is 3.48. The van der Waals surface area contributed by atoms with Gasteiger partial charge in [0.15, 0.2) is 3.77 Å². The Morgan fingerprint density at radius 3 is 2.50 bits per heavy atom. The lowest BCUT2D eigenvalue weighted by Crippen LogP contribution is -2.54. The molecule has 110 valence electrons. The Hall–Kier alpha value is -2.49. The molecule has 7 nitrogen and oxygen atoms in total. The van der Waals surface area contributed by atoms with Crippen molar-refractivity contribution in [1.82, 2.24) is 10.3 Å². The molecule has 4 amide bonds. The Labute approximate surface area is 138 Å². The van der Waals surface area contributed by atoms with Crippen molar-refractivity contribution in [1.29, 1.82) is 0 Å². The van der Waals surface area contributed by atoms with E-state index in [-0.39, 0.29) is 5.57 Å². The first kappa shape index (κ1) is 14.4. The zero-order valence-electron chi connectivity index (χ0n) is 10.9. The van der Waals surface area contributed by atoms with Crippen LogP contribution in [-0.4, -0.2) is 22.8 Å². The summed E-state index contributed by atoms with van der Waals surface area (Å²) < 4.78 is 5.94. The molecule has 1 fully saturated rings. The van der Waals surface area contributed by atoms with Crippen molar-refractivity contribution in [3.05, 3.63) is 51.8 Å². The largest absolute Gasteiger partial charge is 0.451 e. The van der Waals surface area contributed by atoms with Crippen molar-refractivity contribution < 1.29 is 18.8 Å². The molecule has 2 aromatic heterocycles. The predicted octanol–water partition coefficient (Wildman–Crippen LogP) is 1.95. The van der Waals surface area contributed by atoms with Gasteiger partial charge in [-0.05, 0) is 52.9 Å². The molecule has 2 aromatic rings. The van der Waals surface area contributed by atoms with Gasteiger partial charge >= 0.3 is 6.03 Å². The van der Waals surface area contributed by atoms with Crippen LogP contribution in [0.1, 0.15) is 5.76 Å². The summed E-state index contributed by atoms with van der Waals surface area (Å²) >= 11 is 1.97. The van der Waals surface area contributed by atoms with Gasteiger partial charge in [-0.3, -0.25) is 19.9 Å². The highest BCUT2D eigenvalue weighted by Gasteiger charge is 2.36. The number of aromatic nitrogens is 1. The summed E-state index contributed by atoms with van der Waals surface area (Å²) in [6.07, 6.45) is 4.20. The van der Waals surface area contributed by atoms with Crippen molar-refractivity contribution in [3.8, 4) is 0 Å². The first-order chi connectivity index (χ1) is 10.6. The van der Waals surface area contributed by atoms with Gasteiger partial charge in [-0.15, -0.1) is 0 Å². The Morgan fingerprint density at radius 1 is 1.14 bits per heavy atom. The predicted molar refractivity (Wildman–Crippen MR) is 84.7 cm³/mol. The van der Waals surface area contributed by atoms with E-state index in [4.69, 9.17) is 4.42 Å². The molecular formula is C14H8IN3O4. The normalized spacial score (nSPS) is 17.0. The van der Waals surface area contributed by atoms with Crippen LogP contribution in [0.15, 0.2) is 46.6 Å². The smallest absolute Gasteiger partial charge is 0.335 e. The van der Waals surface area contributed by atoms with Crippen LogP contribution in [0.25, 0.3) is 6.08 Å². The standard InChI is InChI=1S/C14H8IN3O4/c15-11-2-1-9(22-11)7-10-12(19)17-14(21)18(13(10)20)8-3-5-16-6-4-8/h1-7H,(H,17,19,21)/b10-7+. The van der Waals surface area contributed by atoms with Crippen molar-refractivity contribution >= 4 is 52.2 Å². The molecular weight excluding hydrogens is 401 g/mol. The van der Waals surface area contributed by atoms with Crippen molar-refractivity contribution in [2.45, 2.75) is 0 Å². The van der Waals surface area contributed by atoms with E-state index in [1.165, 1.54) is 30.6 Å². The molecule has 0 radical (unpaired) electrons. The van der Waals surface area contributed by atoms with E-state index in [0.717, 1.165) is 4.90 Å². The number of rotatable bonds is 2. The average molecular weight is 409 g/mol. The number of hydrogen-bond donors (Lipinski definition) is 1. The fourth-order valence-corrected chi connectivity index (χ4v) is 2.37. The Balaban J connectivity index is 2.01. The molecule has 3 rings (SSSR count). The summed E-state index contributed by atoms with van der Waals surface area (Å²) in [7, 11) is 0. The monoisotopic (exact) mass is 409 g/mol. The minimum atomic E-state index is -0.799. The Kier molecular flexibility index (Phi) is 3.75. The first-order valence-electron chi connectivity index (χ1n) is 6.13. The third-order valence-electron chi connectivity index (χ3n) is 2.90. The summed E-state index contributed by atoms with van der Waals surface area (Å²) in [5.41, 5.74) is 0.145. The molecule has 1 saturated heterocycles. The highest BCUT2D eigenvalue weighted by atomic mass is 127. The number of carbonyl (C=O) groups excluding carboxylic acids is 3. The van der Waals surface area contributed by atoms with Gasteiger partial charge in [-0.1, -0.05) is 0 Å². The van der Waals surface area contributed by atoms with Crippen molar-refractivity contribution in [3.63, 3.8) is 0 Å². The van der Waals surface area contributed by atoms with Crippen LogP contribution >= 0.6 is 22.6 Å². The molecule has 0 bridgehead atoms. The lowest BCUT2D eigenvalue weighted by Gasteiger charge is -2.25. The molecule has 0 aromatic carbocycles. The zero-order chi connectivity index (χ0) is 15.7. The highest BCUT2D eigenvalue weighted by Crippen LogP contribution is 2.21. The lowest BCUT2D eigenvalue weighted by atomic mass is 10.1. The van der Waals surface area contributed by atoms with Crippen LogP contribution in [0.3, 0.4) is 0 Å². The second-order valence-corrected chi connectivity index (χ2v) is 5.37. The van der Waals surface area contributed by atoms with E-state index in [1.807, 2.05) is 22.6 Å². The minimum absolute atomic E-state index is 0.179. The van der Waals surface area contributed by atoms with Crippen LogP contribution in [-0.2, 0) is 9.59 Å². The summed E-state index contributed by atoms with van der Waals surface area (Å²) in [6.45, 7) is 0. The van der Waals surface area contributed by atoms with E-state index in [9.17, 15) is 14.4 Å². The van der Waals surface area contributed by atoms with E-state index in [2.05, 4.69) is 10.3 Å². The molecule has 0 saturated carbocycles. The van der Waals surface area contributed by atoms with E-state index in [0.29, 0.717) is 15.2 Å². The van der Waals surface area contributed by atoms with Crippen LogP contribution in [0.5, 0.6) is 0 Å². The number of anilines is 1. The number of nitrogens with zero attached hydrogens (tertiary/aromatic N) is 2. The van der Waals surface area contributed by atoms with Crippen molar-refractivity contribution in [2.75, 3.05) is 4.90 Å². The Morgan fingerprint density at radius 2 is 1.86 bits per heavy atom. The molecule has 3 heterocycles. The molecule has 0 atom stereocenters. The molecule has 1 aliphatic heterocycles. The van der Waals surface area contributed by atoms with E-state index < -0.39 is 17.8 Å². The van der Waals surface area contributed by atoms with Crippen LogP contribution in [0.4, 0.5) is 10.5 Å². The number of nitrogens with one attached hydrogen (secondary N) is 1. The maximum absolute atomic E-state index is 12.5.